The van der Waals surface area contributed by atoms with Gasteiger partial charge < -0.3 is 4.90 Å². The summed E-state index contributed by atoms with van der Waals surface area (Å²) in [6.07, 6.45) is 1.45. The Bertz CT molecular complexity index is 516. The van der Waals surface area contributed by atoms with E-state index in [-0.39, 0.29) is 11.5 Å². The van der Waals surface area contributed by atoms with Crippen LogP contribution in [-0.2, 0) is 4.79 Å². The third-order valence-electron chi connectivity index (χ3n) is 2.02. The minimum Gasteiger partial charge on any atom is -0.344 e. The fourth-order valence-corrected chi connectivity index (χ4v) is 1.62. The molecule has 88 valence electrons. The summed E-state index contributed by atoms with van der Waals surface area (Å²) in [5.41, 5.74) is 0.613. The van der Waals surface area contributed by atoms with Gasteiger partial charge in [-0.1, -0.05) is 29.3 Å². The average Bonchev–Trinajstić information content (AvgIpc) is 2.27. The first-order chi connectivity index (χ1) is 7.95. The topological polar surface area (TPSA) is 44.1 Å². The second kappa shape index (κ2) is 5.72. The van der Waals surface area contributed by atoms with Crippen molar-refractivity contribution < 1.29 is 4.79 Å². The Balaban J connectivity index is 3.17. The van der Waals surface area contributed by atoms with Crippen molar-refractivity contribution in [1.82, 2.24) is 4.90 Å². The van der Waals surface area contributed by atoms with Gasteiger partial charge in [-0.25, -0.2) is 0 Å². The summed E-state index contributed by atoms with van der Waals surface area (Å²) >= 11 is 11.7. The number of likely N-dealkylation sites (N-methyl/N-ethyl adjacent to an activating group) is 1. The number of halogens is 2. The molecule has 1 aromatic carbocycles. The molecule has 0 unspecified atom stereocenters. The fraction of sp³-hybridized carbons (Fsp3) is 0.167. The van der Waals surface area contributed by atoms with Crippen LogP contribution in [0.4, 0.5) is 0 Å². The molecule has 0 aliphatic heterocycles. The van der Waals surface area contributed by atoms with Gasteiger partial charge in [0.2, 0.25) is 0 Å². The van der Waals surface area contributed by atoms with Gasteiger partial charge in [0.25, 0.3) is 5.91 Å². The van der Waals surface area contributed by atoms with E-state index in [1.54, 1.807) is 32.3 Å². The molecule has 5 heteroatoms. The number of nitriles is 1. The van der Waals surface area contributed by atoms with Crippen LogP contribution in [-0.4, -0.2) is 24.9 Å². The van der Waals surface area contributed by atoms with Crippen LogP contribution in [0, 0.1) is 11.3 Å². The molecule has 17 heavy (non-hydrogen) atoms. The lowest BCUT2D eigenvalue weighted by atomic mass is 10.1. The second-order valence-electron chi connectivity index (χ2n) is 3.54. The minimum atomic E-state index is -0.362. The number of rotatable bonds is 2. The average molecular weight is 269 g/mol. The van der Waals surface area contributed by atoms with Crippen molar-refractivity contribution >= 4 is 35.2 Å². The maximum absolute atomic E-state index is 11.6. The standard InChI is InChI=1S/C12H10Cl2N2O/c1-16(2)12(17)9(7-15)5-8-3-4-10(13)6-11(8)14/h3-6H,1-2H3/b9-5-. The molecule has 0 aliphatic carbocycles. The molecule has 0 heterocycles. The lowest BCUT2D eigenvalue weighted by molar-refractivity contribution is -0.124. The molecule has 0 spiro atoms. The zero-order valence-corrected chi connectivity index (χ0v) is 10.9. The smallest absolute Gasteiger partial charge is 0.264 e. The first-order valence-corrected chi connectivity index (χ1v) is 5.50. The van der Waals surface area contributed by atoms with E-state index in [1.807, 2.05) is 6.07 Å². The Morgan fingerprint density at radius 3 is 2.53 bits per heavy atom. The summed E-state index contributed by atoms with van der Waals surface area (Å²) in [5.74, 6) is -0.362. The van der Waals surface area contributed by atoms with Gasteiger partial charge in [-0.2, -0.15) is 5.26 Å². The first-order valence-electron chi connectivity index (χ1n) is 4.74. The predicted molar refractivity (Wildman–Crippen MR) is 68.7 cm³/mol. The van der Waals surface area contributed by atoms with Gasteiger partial charge in [-0.05, 0) is 23.8 Å². The summed E-state index contributed by atoms with van der Waals surface area (Å²) < 4.78 is 0. The van der Waals surface area contributed by atoms with Crippen LogP contribution in [0.5, 0.6) is 0 Å². The monoisotopic (exact) mass is 268 g/mol. The van der Waals surface area contributed by atoms with E-state index in [0.29, 0.717) is 15.6 Å². The summed E-state index contributed by atoms with van der Waals surface area (Å²) in [5, 5.41) is 9.82. The molecule has 1 amide bonds. The minimum absolute atomic E-state index is 0.0271. The van der Waals surface area contributed by atoms with Crippen molar-refractivity contribution in [2.45, 2.75) is 0 Å². The summed E-state index contributed by atoms with van der Waals surface area (Å²) in [7, 11) is 3.16. The first kappa shape index (κ1) is 13.6. The highest BCUT2D eigenvalue weighted by Gasteiger charge is 2.11. The number of hydrogen-bond donors (Lipinski definition) is 0. The molecule has 0 N–H and O–H groups in total. The third kappa shape index (κ3) is 3.48. The number of amides is 1. The molecule has 0 saturated carbocycles. The Kier molecular flexibility index (Phi) is 4.56. The van der Waals surface area contributed by atoms with E-state index in [9.17, 15) is 4.79 Å². The van der Waals surface area contributed by atoms with Crippen LogP contribution in [0.15, 0.2) is 23.8 Å². The van der Waals surface area contributed by atoms with Crippen LogP contribution in [0.2, 0.25) is 10.0 Å². The molecule has 0 radical (unpaired) electrons. The van der Waals surface area contributed by atoms with E-state index < -0.39 is 0 Å². The molecule has 1 rings (SSSR count). The SMILES string of the molecule is CN(C)C(=O)/C(C#N)=C\c1ccc(Cl)cc1Cl. The normalized spacial score (nSPS) is 10.9. The lowest BCUT2D eigenvalue weighted by Crippen LogP contribution is -2.22. The van der Waals surface area contributed by atoms with Gasteiger partial charge in [0, 0.05) is 24.1 Å². The fourth-order valence-electron chi connectivity index (χ4n) is 1.16. The Morgan fingerprint density at radius 1 is 1.41 bits per heavy atom. The summed E-state index contributed by atoms with van der Waals surface area (Å²) in [4.78, 5) is 13.0. The van der Waals surface area contributed by atoms with Gasteiger partial charge in [-0.3, -0.25) is 4.79 Å². The van der Waals surface area contributed by atoms with E-state index >= 15 is 0 Å². The molecule has 0 atom stereocenters. The molecule has 1 aromatic rings. The molecular formula is C12H10Cl2N2O. The number of benzene rings is 1. The van der Waals surface area contributed by atoms with Crippen LogP contribution < -0.4 is 0 Å². The van der Waals surface area contributed by atoms with E-state index in [2.05, 4.69) is 0 Å². The summed E-state index contributed by atoms with van der Waals surface area (Å²) in [6, 6.07) is 6.72. The predicted octanol–water partition coefficient (Wildman–Crippen LogP) is 2.99. The van der Waals surface area contributed by atoms with Crippen molar-refractivity contribution in [2.24, 2.45) is 0 Å². The van der Waals surface area contributed by atoms with Crippen molar-refractivity contribution in [3.63, 3.8) is 0 Å². The Labute approximate surface area is 110 Å². The zero-order chi connectivity index (χ0) is 13.0. The molecule has 0 aromatic heterocycles. The Hall–Kier alpha value is -1.50. The molecular weight excluding hydrogens is 259 g/mol. The van der Waals surface area contributed by atoms with Crippen molar-refractivity contribution in [1.29, 1.82) is 5.26 Å². The second-order valence-corrected chi connectivity index (χ2v) is 4.38. The van der Waals surface area contributed by atoms with Gasteiger partial charge in [0.1, 0.15) is 11.6 Å². The van der Waals surface area contributed by atoms with Crippen LogP contribution >= 0.6 is 23.2 Å². The van der Waals surface area contributed by atoms with E-state index in [4.69, 9.17) is 28.5 Å². The van der Waals surface area contributed by atoms with Gasteiger partial charge in [0.05, 0.1) is 0 Å². The van der Waals surface area contributed by atoms with Crippen LogP contribution in [0.3, 0.4) is 0 Å². The summed E-state index contributed by atoms with van der Waals surface area (Å²) in [6.45, 7) is 0. The number of nitrogens with zero attached hydrogens (tertiary/aromatic N) is 2. The molecule has 0 aliphatic rings. The highest BCUT2D eigenvalue weighted by Crippen LogP contribution is 2.23. The quantitative estimate of drug-likeness (QED) is 0.612. The molecule has 0 fully saturated rings. The maximum Gasteiger partial charge on any atom is 0.264 e. The van der Waals surface area contributed by atoms with Crippen LogP contribution in [0.25, 0.3) is 6.08 Å². The van der Waals surface area contributed by atoms with Crippen LogP contribution in [0.1, 0.15) is 5.56 Å². The van der Waals surface area contributed by atoms with Gasteiger partial charge in [-0.15, -0.1) is 0 Å². The van der Waals surface area contributed by atoms with Crippen molar-refractivity contribution in [3.8, 4) is 6.07 Å². The van der Waals surface area contributed by atoms with Crippen molar-refractivity contribution in [2.75, 3.05) is 14.1 Å². The maximum atomic E-state index is 11.6. The molecule has 3 nitrogen and oxygen atoms in total. The van der Waals surface area contributed by atoms with E-state index in [0.717, 1.165) is 0 Å². The van der Waals surface area contributed by atoms with E-state index in [1.165, 1.54) is 11.0 Å². The molecule has 0 bridgehead atoms. The van der Waals surface area contributed by atoms with Gasteiger partial charge in [0.15, 0.2) is 0 Å². The zero-order valence-electron chi connectivity index (χ0n) is 9.37. The number of carbonyl (C=O) groups is 1. The van der Waals surface area contributed by atoms with Crippen molar-refractivity contribution in [3.05, 3.63) is 39.4 Å². The molecule has 0 saturated heterocycles. The highest BCUT2D eigenvalue weighted by atomic mass is 35.5. The number of hydrogen-bond acceptors (Lipinski definition) is 2. The largest absolute Gasteiger partial charge is 0.344 e. The highest BCUT2D eigenvalue weighted by molar-refractivity contribution is 6.35. The number of carbonyl (C=O) groups excluding carboxylic acids is 1. The van der Waals surface area contributed by atoms with Gasteiger partial charge >= 0.3 is 0 Å². The Morgan fingerprint density at radius 2 is 2.06 bits per heavy atom. The third-order valence-corrected chi connectivity index (χ3v) is 2.58. The lowest BCUT2D eigenvalue weighted by Gasteiger charge is -2.08.